The molecule has 4 heteroatoms. The molecule has 0 saturated heterocycles. The number of hydrogen-bond donors (Lipinski definition) is 0. The molecule has 0 aliphatic heterocycles. The van der Waals surface area contributed by atoms with E-state index in [0.717, 1.165) is 28.8 Å². The summed E-state index contributed by atoms with van der Waals surface area (Å²) in [5.41, 5.74) is 4.00. The molecule has 0 fully saturated rings. The molecule has 0 unspecified atom stereocenters. The van der Waals surface area contributed by atoms with Gasteiger partial charge in [-0.05, 0) is 25.1 Å². The molecule has 3 aromatic rings. The monoisotopic (exact) mass is 263 g/mol. The SMILES string of the molecule is Cc1cccc(-c2c(C=O)nnn2-c2ccccc2)c1. The highest BCUT2D eigenvalue weighted by molar-refractivity contribution is 5.84. The molecule has 0 aliphatic carbocycles. The minimum Gasteiger partial charge on any atom is -0.296 e. The maximum Gasteiger partial charge on any atom is 0.172 e. The van der Waals surface area contributed by atoms with Crippen LogP contribution in [0.4, 0.5) is 0 Å². The van der Waals surface area contributed by atoms with Crippen molar-refractivity contribution in [3.63, 3.8) is 0 Å². The molecular weight excluding hydrogens is 250 g/mol. The third-order valence-electron chi connectivity index (χ3n) is 3.10. The van der Waals surface area contributed by atoms with Crippen LogP contribution in [0.25, 0.3) is 16.9 Å². The van der Waals surface area contributed by atoms with Gasteiger partial charge in [0.15, 0.2) is 12.0 Å². The van der Waals surface area contributed by atoms with Crippen LogP contribution in [0.1, 0.15) is 16.1 Å². The molecule has 0 radical (unpaired) electrons. The van der Waals surface area contributed by atoms with Crippen LogP contribution >= 0.6 is 0 Å². The summed E-state index contributed by atoms with van der Waals surface area (Å²) < 4.78 is 1.69. The molecule has 4 nitrogen and oxygen atoms in total. The topological polar surface area (TPSA) is 47.8 Å². The van der Waals surface area contributed by atoms with Crippen molar-refractivity contribution >= 4 is 6.29 Å². The molecule has 3 rings (SSSR count). The van der Waals surface area contributed by atoms with E-state index in [9.17, 15) is 4.79 Å². The Morgan fingerprint density at radius 3 is 2.55 bits per heavy atom. The number of carbonyl (C=O) groups excluding carboxylic acids is 1. The highest BCUT2D eigenvalue weighted by Crippen LogP contribution is 2.25. The summed E-state index contributed by atoms with van der Waals surface area (Å²) in [6, 6.07) is 17.6. The molecular formula is C16H13N3O. The lowest BCUT2D eigenvalue weighted by Crippen LogP contribution is -1.99. The fourth-order valence-corrected chi connectivity index (χ4v) is 2.19. The first kappa shape index (κ1) is 12.3. The first-order valence-corrected chi connectivity index (χ1v) is 6.33. The van der Waals surface area contributed by atoms with Gasteiger partial charge in [0.05, 0.1) is 5.69 Å². The molecule has 98 valence electrons. The predicted molar refractivity (Wildman–Crippen MR) is 76.9 cm³/mol. The maximum atomic E-state index is 11.2. The first-order valence-electron chi connectivity index (χ1n) is 6.33. The molecule has 2 aromatic carbocycles. The van der Waals surface area contributed by atoms with Crippen molar-refractivity contribution < 1.29 is 4.79 Å². The van der Waals surface area contributed by atoms with Crippen molar-refractivity contribution in [3.05, 3.63) is 65.9 Å². The Kier molecular flexibility index (Phi) is 3.13. The van der Waals surface area contributed by atoms with Crippen molar-refractivity contribution in [3.8, 4) is 16.9 Å². The van der Waals surface area contributed by atoms with Crippen molar-refractivity contribution in [2.75, 3.05) is 0 Å². The van der Waals surface area contributed by atoms with Crippen LogP contribution in [-0.2, 0) is 0 Å². The summed E-state index contributed by atoms with van der Waals surface area (Å²) in [6.45, 7) is 2.01. The highest BCUT2D eigenvalue weighted by Gasteiger charge is 2.15. The van der Waals surface area contributed by atoms with E-state index in [-0.39, 0.29) is 0 Å². The zero-order valence-corrected chi connectivity index (χ0v) is 11.0. The molecule has 0 aliphatic rings. The second-order valence-corrected chi connectivity index (χ2v) is 4.56. The average Bonchev–Trinajstić information content (AvgIpc) is 2.92. The zero-order chi connectivity index (χ0) is 13.9. The van der Waals surface area contributed by atoms with Crippen LogP contribution in [0.2, 0.25) is 0 Å². The summed E-state index contributed by atoms with van der Waals surface area (Å²) in [5, 5.41) is 8.06. The summed E-state index contributed by atoms with van der Waals surface area (Å²) in [5.74, 6) is 0. The third-order valence-corrected chi connectivity index (χ3v) is 3.10. The average molecular weight is 263 g/mol. The molecule has 1 aromatic heterocycles. The first-order chi connectivity index (χ1) is 9.79. The quantitative estimate of drug-likeness (QED) is 0.682. The Balaban J connectivity index is 2.23. The number of benzene rings is 2. The van der Waals surface area contributed by atoms with Gasteiger partial charge in [0.1, 0.15) is 5.69 Å². The van der Waals surface area contributed by atoms with Crippen molar-refractivity contribution in [1.29, 1.82) is 0 Å². The Labute approximate surface area is 116 Å². The van der Waals surface area contributed by atoms with Gasteiger partial charge >= 0.3 is 0 Å². The van der Waals surface area contributed by atoms with E-state index in [4.69, 9.17) is 0 Å². The fourth-order valence-electron chi connectivity index (χ4n) is 2.19. The number of hydrogen-bond acceptors (Lipinski definition) is 3. The minimum absolute atomic E-state index is 0.347. The predicted octanol–water partition coefficient (Wildman–Crippen LogP) is 3.06. The molecule has 0 N–H and O–H groups in total. The number of para-hydroxylation sites is 1. The molecule has 0 spiro atoms. The van der Waals surface area contributed by atoms with E-state index in [1.54, 1.807) is 4.68 Å². The highest BCUT2D eigenvalue weighted by atomic mass is 16.1. The maximum absolute atomic E-state index is 11.2. The number of nitrogens with zero attached hydrogens (tertiary/aromatic N) is 3. The molecule has 0 atom stereocenters. The van der Waals surface area contributed by atoms with Crippen LogP contribution in [0.5, 0.6) is 0 Å². The van der Waals surface area contributed by atoms with Gasteiger partial charge in [-0.2, -0.15) is 0 Å². The van der Waals surface area contributed by atoms with Crippen LogP contribution in [-0.4, -0.2) is 21.3 Å². The molecule has 0 amide bonds. The van der Waals surface area contributed by atoms with Gasteiger partial charge in [-0.1, -0.05) is 47.2 Å². The lowest BCUT2D eigenvalue weighted by atomic mass is 10.1. The zero-order valence-electron chi connectivity index (χ0n) is 11.0. The van der Waals surface area contributed by atoms with Gasteiger partial charge in [-0.25, -0.2) is 4.68 Å². The standard InChI is InChI=1S/C16H13N3O/c1-12-6-5-7-13(10-12)16-15(11-20)17-18-19(16)14-8-3-2-4-9-14/h2-11H,1H3. The Bertz CT molecular complexity index is 747. The molecule has 1 heterocycles. The van der Waals surface area contributed by atoms with E-state index in [2.05, 4.69) is 10.3 Å². The van der Waals surface area contributed by atoms with Crippen LogP contribution in [0.3, 0.4) is 0 Å². The van der Waals surface area contributed by atoms with Crippen LogP contribution in [0, 0.1) is 6.92 Å². The smallest absolute Gasteiger partial charge is 0.172 e. The largest absolute Gasteiger partial charge is 0.296 e. The Hall–Kier alpha value is -2.75. The van der Waals surface area contributed by atoms with E-state index in [1.807, 2.05) is 61.5 Å². The van der Waals surface area contributed by atoms with E-state index in [0.29, 0.717) is 5.69 Å². The van der Waals surface area contributed by atoms with E-state index >= 15 is 0 Å². The van der Waals surface area contributed by atoms with E-state index < -0.39 is 0 Å². The van der Waals surface area contributed by atoms with Crippen molar-refractivity contribution in [1.82, 2.24) is 15.0 Å². The number of rotatable bonds is 3. The van der Waals surface area contributed by atoms with Gasteiger partial charge in [-0.15, -0.1) is 5.10 Å². The normalized spacial score (nSPS) is 10.4. The number of aryl methyl sites for hydroxylation is 1. The Morgan fingerprint density at radius 2 is 1.85 bits per heavy atom. The lowest BCUT2D eigenvalue weighted by Gasteiger charge is -2.07. The van der Waals surface area contributed by atoms with Crippen molar-refractivity contribution in [2.45, 2.75) is 6.92 Å². The number of aromatic nitrogens is 3. The van der Waals surface area contributed by atoms with Crippen LogP contribution in [0.15, 0.2) is 54.6 Å². The fraction of sp³-hybridized carbons (Fsp3) is 0.0625. The number of aldehydes is 1. The summed E-state index contributed by atoms with van der Waals surface area (Å²) in [4.78, 5) is 11.2. The summed E-state index contributed by atoms with van der Waals surface area (Å²) in [6.07, 6.45) is 0.740. The van der Waals surface area contributed by atoms with Gasteiger partial charge in [0.25, 0.3) is 0 Å². The van der Waals surface area contributed by atoms with Gasteiger partial charge < -0.3 is 0 Å². The Morgan fingerprint density at radius 1 is 1.05 bits per heavy atom. The molecule has 0 saturated carbocycles. The molecule has 20 heavy (non-hydrogen) atoms. The molecule has 0 bridgehead atoms. The van der Waals surface area contributed by atoms with Crippen LogP contribution < -0.4 is 0 Å². The third kappa shape index (κ3) is 2.12. The minimum atomic E-state index is 0.347. The lowest BCUT2D eigenvalue weighted by molar-refractivity contribution is 0.111. The number of carbonyl (C=O) groups is 1. The summed E-state index contributed by atoms with van der Waals surface area (Å²) in [7, 11) is 0. The van der Waals surface area contributed by atoms with Gasteiger partial charge in [-0.3, -0.25) is 4.79 Å². The second kappa shape index (κ2) is 5.09. The van der Waals surface area contributed by atoms with E-state index in [1.165, 1.54) is 0 Å². The van der Waals surface area contributed by atoms with Gasteiger partial charge in [0, 0.05) is 5.56 Å². The van der Waals surface area contributed by atoms with Gasteiger partial charge in [0.2, 0.25) is 0 Å². The van der Waals surface area contributed by atoms with Crippen molar-refractivity contribution in [2.24, 2.45) is 0 Å². The second-order valence-electron chi connectivity index (χ2n) is 4.56. The summed E-state index contributed by atoms with van der Waals surface area (Å²) >= 11 is 0.